The minimum atomic E-state index is -0.185. The van der Waals surface area contributed by atoms with E-state index in [2.05, 4.69) is 15.9 Å². The smallest absolute Gasteiger partial charge is 0.124 e. The van der Waals surface area contributed by atoms with E-state index in [-0.39, 0.29) is 5.82 Å². The van der Waals surface area contributed by atoms with E-state index in [1.165, 1.54) is 24.1 Å². The summed E-state index contributed by atoms with van der Waals surface area (Å²) in [5.74, 6) is 0.497. The van der Waals surface area contributed by atoms with E-state index in [0.29, 0.717) is 5.92 Å². The number of aryl methyl sites for hydroxylation is 1. The molecule has 1 atom stereocenters. The van der Waals surface area contributed by atoms with Gasteiger partial charge in [-0.25, -0.2) is 4.39 Å². The van der Waals surface area contributed by atoms with Crippen molar-refractivity contribution in [3.05, 3.63) is 34.1 Å². The van der Waals surface area contributed by atoms with Crippen LogP contribution >= 0.6 is 15.9 Å². The van der Waals surface area contributed by atoms with Crippen molar-refractivity contribution in [1.29, 1.82) is 0 Å². The highest BCUT2D eigenvalue weighted by molar-refractivity contribution is 9.10. The van der Waals surface area contributed by atoms with Crippen LogP contribution in [0.1, 0.15) is 18.4 Å². The lowest BCUT2D eigenvalue weighted by molar-refractivity contribution is 0.184. The lowest BCUT2D eigenvalue weighted by Gasteiger charge is -2.08. The maximum Gasteiger partial charge on any atom is 0.124 e. The quantitative estimate of drug-likeness (QED) is 0.818. The molecule has 1 aromatic carbocycles. The van der Waals surface area contributed by atoms with E-state index >= 15 is 0 Å². The third-order valence-corrected chi connectivity index (χ3v) is 3.60. The summed E-state index contributed by atoms with van der Waals surface area (Å²) < 4.78 is 19.0. The Morgan fingerprint density at radius 2 is 2.33 bits per heavy atom. The second-order valence-corrected chi connectivity index (χ2v) is 4.86. The summed E-state index contributed by atoms with van der Waals surface area (Å²) >= 11 is 3.39. The molecule has 0 saturated carbocycles. The number of rotatable bonds is 3. The first-order chi connectivity index (χ1) is 7.25. The maximum atomic E-state index is 12.8. The number of hydrogen-bond donors (Lipinski definition) is 0. The van der Waals surface area contributed by atoms with Gasteiger partial charge in [0.25, 0.3) is 0 Å². The van der Waals surface area contributed by atoms with Crippen LogP contribution in [0.25, 0.3) is 0 Å². The fourth-order valence-electron chi connectivity index (χ4n) is 1.90. The Kier molecular flexibility index (Phi) is 3.76. The fourth-order valence-corrected chi connectivity index (χ4v) is 2.44. The Balaban J connectivity index is 1.92. The first-order valence-electron chi connectivity index (χ1n) is 5.27. The van der Waals surface area contributed by atoms with Gasteiger partial charge in [-0.15, -0.1) is 0 Å². The van der Waals surface area contributed by atoms with E-state index in [4.69, 9.17) is 4.74 Å². The molecule has 1 saturated heterocycles. The Bertz CT molecular complexity index is 334. The Hall–Kier alpha value is -0.410. The van der Waals surface area contributed by atoms with Gasteiger partial charge in [-0.05, 0) is 42.9 Å². The molecule has 1 aliphatic rings. The lowest BCUT2D eigenvalue weighted by atomic mass is 9.99. The average molecular weight is 273 g/mol. The molecule has 1 aliphatic heterocycles. The molecule has 0 spiro atoms. The topological polar surface area (TPSA) is 9.23 Å². The van der Waals surface area contributed by atoms with Crippen LogP contribution in [0.5, 0.6) is 0 Å². The summed E-state index contributed by atoms with van der Waals surface area (Å²) in [4.78, 5) is 0. The first-order valence-corrected chi connectivity index (χ1v) is 6.06. The zero-order chi connectivity index (χ0) is 10.7. The largest absolute Gasteiger partial charge is 0.381 e. The highest BCUT2D eigenvalue weighted by Crippen LogP contribution is 2.23. The van der Waals surface area contributed by atoms with Crippen LogP contribution in [0.3, 0.4) is 0 Å². The van der Waals surface area contributed by atoms with Crippen LogP contribution in [-0.2, 0) is 11.2 Å². The summed E-state index contributed by atoms with van der Waals surface area (Å²) in [7, 11) is 0. The van der Waals surface area contributed by atoms with Gasteiger partial charge in [-0.2, -0.15) is 0 Å². The van der Waals surface area contributed by atoms with Gasteiger partial charge in [-0.3, -0.25) is 0 Å². The molecule has 0 amide bonds. The number of ether oxygens (including phenoxy) is 1. The molecular weight excluding hydrogens is 259 g/mol. The number of benzene rings is 1. The summed E-state index contributed by atoms with van der Waals surface area (Å²) in [5.41, 5.74) is 1.18. The molecule has 2 rings (SSSR count). The molecule has 82 valence electrons. The van der Waals surface area contributed by atoms with Crippen molar-refractivity contribution in [3.8, 4) is 0 Å². The highest BCUT2D eigenvalue weighted by Gasteiger charge is 2.15. The van der Waals surface area contributed by atoms with Gasteiger partial charge in [0.15, 0.2) is 0 Å². The predicted octanol–water partition coefficient (Wildman–Crippen LogP) is 3.56. The van der Waals surface area contributed by atoms with Crippen molar-refractivity contribution in [2.75, 3.05) is 13.2 Å². The van der Waals surface area contributed by atoms with Gasteiger partial charge in [0, 0.05) is 17.7 Å². The normalized spacial score (nSPS) is 20.8. The molecule has 1 aromatic rings. The number of halogens is 2. The zero-order valence-electron chi connectivity index (χ0n) is 8.51. The third-order valence-electron chi connectivity index (χ3n) is 2.86. The molecule has 1 heterocycles. The maximum absolute atomic E-state index is 12.8. The van der Waals surface area contributed by atoms with Crippen molar-refractivity contribution < 1.29 is 9.13 Å². The van der Waals surface area contributed by atoms with E-state index in [9.17, 15) is 4.39 Å². The molecular formula is C12H14BrFO. The van der Waals surface area contributed by atoms with Gasteiger partial charge in [-0.1, -0.05) is 22.0 Å². The summed E-state index contributed by atoms with van der Waals surface area (Å²) in [5, 5.41) is 0. The van der Waals surface area contributed by atoms with Crippen LogP contribution < -0.4 is 0 Å². The van der Waals surface area contributed by atoms with Crippen molar-refractivity contribution in [3.63, 3.8) is 0 Å². The highest BCUT2D eigenvalue weighted by atomic mass is 79.9. The Morgan fingerprint density at radius 3 is 3.00 bits per heavy atom. The van der Waals surface area contributed by atoms with E-state index in [1.807, 2.05) is 6.07 Å². The van der Waals surface area contributed by atoms with Crippen LogP contribution in [0.15, 0.2) is 22.7 Å². The van der Waals surface area contributed by atoms with Gasteiger partial charge < -0.3 is 4.74 Å². The number of hydrogen-bond acceptors (Lipinski definition) is 1. The van der Waals surface area contributed by atoms with Crippen LogP contribution in [0, 0.1) is 11.7 Å². The summed E-state index contributed by atoms with van der Waals surface area (Å²) in [6.07, 6.45) is 3.29. The molecule has 1 fully saturated rings. The summed E-state index contributed by atoms with van der Waals surface area (Å²) in [6.45, 7) is 1.79. The molecule has 0 N–H and O–H groups in total. The SMILES string of the molecule is Fc1ccc(CCC2CCOC2)c(Br)c1. The van der Waals surface area contributed by atoms with Crippen molar-refractivity contribution in [2.24, 2.45) is 5.92 Å². The van der Waals surface area contributed by atoms with Crippen LogP contribution in [0.2, 0.25) is 0 Å². The molecule has 15 heavy (non-hydrogen) atoms. The van der Waals surface area contributed by atoms with Gasteiger partial charge in [0.1, 0.15) is 5.82 Å². The standard InChI is InChI=1S/C12H14BrFO/c13-12-7-11(14)4-3-10(12)2-1-9-5-6-15-8-9/h3-4,7,9H,1-2,5-6,8H2. The van der Waals surface area contributed by atoms with E-state index < -0.39 is 0 Å². The van der Waals surface area contributed by atoms with Gasteiger partial charge in [0.05, 0.1) is 0 Å². The molecule has 0 aromatic heterocycles. The summed E-state index contributed by atoms with van der Waals surface area (Å²) in [6, 6.07) is 4.90. The monoisotopic (exact) mass is 272 g/mol. The predicted molar refractivity (Wildman–Crippen MR) is 61.3 cm³/mol. The minimum absolute atomic E-state index is 0.185. The minimum Gasteiger partial charge on any atom is -0.381 e. The van der Waals surface area contributed by atoms with Gasteiger partial charge in [0.2, 0.25) is 0 Å². The molecule has 3 heteroatoms. The van der Waals surface area contributed by atoms with E-state index in [1.54, 1.807) is 0 Å². The molecule has 0 bridgehead atoms. The Labute approximate surface area is 97.8 Å². The lowest BCUT2D eigenvalue weighted by Crippen LogP contribution is -2.01. The zero-order valence-corrected chi connectivity index (χ0v) is 10.1. The van der Waals surface area contributed by atoms with Crippen molar-refractivity contribution in [1.82, 2.24) is 0 Å². The molecule has 1 unspecified atom stereocenters. The second kappa shape index (κ2) is 5.08. The van der Waals surface area contributed by atoms with E-state index in [0.717, 1.165) is 30.5 Å². The average Bonchev–Trinajstić information content (AvgIpc) is 2.69. The van der Waals surface area contributed by atoms with Crippen LogP contribution in [-0.4, -0.2) is 13.2 Å². The van der Waals surface area contributed by atoms with Gasteiger partial charge >= 0.3 is 0 Å². The van der Waals surface area contributed by atoms with Crippen molar-refractivity contribution >= 4 is 15.9 Å². The third kappa shape index (κ3) is 3.02. The van der Waals surface area contributed by atoms with Crippen molar-refractivity contribution in [2.45, 2.75) is 19.3 Å². The second-order valence-electron chi connectivity index (χ2n) is 4.00. The first kappa shape index (κ1) is 11.1. The molecule has 0 radical (unpaired) electrons. The molecule has 0 aliphatic carbocycles. The van der Waals surface area contributed by atoms with Crippen LogP contribution in [0.4, 0.5) is 4.39 Å². The fraction of sp³-hybridized carbons (Fsp3) is 0.500. The Morgan fingerprint density at radius 1 is 1.47 bits per heavy atom. The molecule has 1 nitrogen and oxygen atoms in total.